The highest BCUT2D eigenvalue weighted by Gasteiger charge is 2.22. The summed E-state index contributed by atoms with van der Waals surface area (Å²) >= 11 is 0. The molecule has 2 N–H and O–H groups in total. The standard InChI is InChI=1S/C18H33N7O/c1-3-19-18(20-9-12-24-10-5-4-6-11-24)21-15-7-8-17-22-16(14-26-2)23-25(17)13-15/h15H,3-14H2,1-2H3,(H2,19,20,21). The van der Waals surface area contributed by atoms with Gasteiger partial charge in [-0.05, 0) is 39.3 Å². The van der Waals surface area contributed by atoms with Crippen LogP contribution in [0, 0.1) is 0 Å². The Bertz CT molecular complexity index is 580. The Kier molecular flexibility index (Phi) is 7.25. The second kappa shape index (κ2) is 9.87. The quantitative estimate of drug-likeness (QED) is 0.551. The molecule has 0 aromatic carbocycles. The first-order chi connectivity index (χ1) is 12.8. The van der Waals surface area contributed by atoms with E-state index >= 15 is 0 Å². The minimum atomic E-state index is 0.326. The van der Waals surface area contributed by atoms with Gasteiger partial charge in [0.15, 0.2) is 11.8 Å². The highest BCUT2D eigenvalue weighted by atomic mass is 16.5. The van der Waals surface area contributed by atoms with Crippen molar-refractivity contribution in [2.45, 2.75) is 58.2 Å². The van der Waals surface area contributed by atoms with E-state index in [-0.39, 0.29) is 0 Å². The molecule has 1 unspecified atom stereocenters. The zero-order valence-electron chi connectivity index (χ0n) is 16.2. The van der Waals surface area contributed by atoms with E-state index in [4.69, 9.17) is 9.73 Å². The summed E-state index contributed by atoms with van der Waals surface area (Å²) in [4.78, 5) is 11.8. The predicted molar refractivity (Wildman–Crippen MR) is 102 cm³/mol. The molecule has 3 rings (SSSR count). The van der Waals surface area contributed by atoms with Crippen LogP contribution in [0.1, 0.15) is 44.3 Å². The van der Waals surface area contributed by atoms with Gasteiger partial charge in [0, 0.05) is 32.7 Å². The Labute approximate surface area is 156 Å². The fourth-order valence-corrected chi connectivity index (χ4v) is 3.67. The van der Waals surface area contributed by atoms with Crippen molar-refractivity contribution in [3.8, 4) is 0 Å². The number of aryl methyl sites for hydroxylation is 1. The molecule has 0 bridgehead atoms. The molecule has 1 aromatic heterocycles. The maximum atomic E-state index is 5.14. The average molecular weight is 364 g/mol. The lowest BCUT2D eigenvalue weighted by atomic mass is 10.1. The summed E-state index contributed by atoms with van der Waals surface area (Å²) in [7, 11) is 1.67. The number of nitrogens with zero attached hydrogens (tertiary/aromatic N) is 5. The van der Waals surface area contributed by atoms with E-state index in [1.165, 1.54) is 32.4 Å². The molecule has 1 saturated heterocycles. The van der Waals surface area contributed by atoms with Crippen LogP contribution in [0.5, 0.6) is 0 Å². The van der Waals surface area contributed by atoms with E-state index in [1.54, 1.807) is 7.11 Å². The number of rotatable bonds is 7. The van der Waals surface area contributed by atoms with E-state index in [9.17, 15) is 0 Å². The lowest BCUT2D eigenvalue weighted by molar-refractivity contribution is 0.177. The fourth-order valence-electron chi connectivity index (χ4n) is 3.67. The Hall–Kier alpha value is -1.67. The van der Waals surface area contributed by atoms with Crippen molar-refractivity contribution < 1.29 is 4.74 Å². The smallest absolute Gasteiger partial charge is 0.191 e. The Morgan fingerprint density at radius 2 is 2.15 bits per heavy atom. The van der Waals surface area contributed by atoms with Crippen LogP contribution >= 0.6 is 0 Å². The second-order valence-corrected chi connectivity index (χ2v) is 7.10. The summed E-state index contributed by atoms with van der Waals surface area (Å²) in [5.41, 5.74) is 0. The SMILES string of the molecule is CCNC(=NCCN1CCCCC1)NC1CCc2nc(COC)nn2C1. The van der Waals surface area contributed by atoms with Gasteiger partial charge in [-0.15, -0.1) is 0 Å². The number of ether oxygens (including phenoxy) is 1. The van der Waals surface area contributed by atoms with Crippen molar-refractivity contribution in [3.63, 3.8) is 0 Å². The molecular formula is C18H33N7O. The van der Waals surface area contributed by atoms with Crippen LogP contribution in [0.3, 0.4) is 0 Å². The molecule has 0 radical (unpaired) electrons. The first-order valence-corrected chi connectivity index (χ1v) is 9.97. The molecule has 0 spiro atoms. The van der Waals surface area contributed by atoms with Crippen molar-refractivity contribution in [3.05, 3.63) is 11.6 Å². The number of aliphatic imine (C=N–C) groups is 1. The molecule has 1 atom stereocenters. The first-order valence-electron chi connectivity index (χ1n) is 9.97. The maximum Gasteiger partial charge on any atom is 0.191 e. The number of likely N-dealkylation sites (tertiary alicyclic amines) is 1. The number of nitrogens with one attached hydrogen (secondary N) is 2. The van der Waals surface area contributed by atoms with Gasteiger partial charge in [0.2, 0.25) is 0 Å². The van der Waals surface area contributed by atoms with Crippen LogP contribution in [0.4, 0.5) is 0 Å². The summed E-state index contributed by atoms with van der Waals surface area (Å²) in [6.45, 7) is 8.61. The van der Waals surface area contributed by atoms with Gasteiger partial charge >= 0.3 is 0 Å². The third kappa shape index (κ3) is 5.41. The summed E-state index contributed by atoms with van der Waals surface area (Å²) in [5, 5.41) is 11.5. The monoisotopic (exact) mass is 363 g/mol. The van der Waals surface area contributed by atoms with Gasteiger partial charge < -0.3 is 20.3 Å². The highest BCUT2D eigenvalue weighted by molar-refractivity contribution is 5.80. The number of hydrogen-bond acceptors (Lipinski definition) is 5. The van der Waals surface area contributed by atoms with E-state index < -0.39 is 0 Å². The average Bonchev–Trinajstić information content (AvgIpc) is 3.05. The molecule has 3 heterocycles. The van der Waals surface area contributed by atoms with Gasteiger partial charge in [-0.25, -0.2) is 9.67 Å². The molecule has 8 heteroatoms. The van der Waals surface area contributed by atoms with Gasteiger partial charge in [0.05, 0.1) is 13.1 Å². The summed E-state index contributed by atoms with van der Waals surface area (Å²) in [5.74, 6) is 2.74. The Morgan fingerprint density at radius 1 is 1.31 bits per heavy atom. The topological polar surface area (TPSA) is 79.6 Å². The summed E-state index contributed by atoms with van der Waals surface area (Å²) in [6.07, 6.45) is 6.01. The lowest BCUT2D eigenvalue weighted by Gasteiger charge is -2.27. The van der Waals surface area contributed by atoms with E-state index in [2.05, 4.69) is 32.5 Å². The van der Waals surface area contributed by atoms with Crippen LogP contribution in [-0.4, -0.2) is 71.5 Å². The molecular weight excluding hydrogens is 330 g/mol. The molecule has 146 valence electrons. The molecule has 8 nitrogen and oxygen atoms in total. The molecule has 2 aliphatic rings. The van der Waals surface area contributed by atoms with E-state index in [1.807, 2.05) is 4.68 Å². The van der Waals surface area contributed by atoms with Crippen molar-refractivity contribution >= 4 is 5.96 Å². The van der Waals surface area contributed by atoms with Crippen LogP contribution in [0.2, 0.25) is 0 Å². The van der Waals surface area contributed by atoms with Gasteiger partial charge in [0.1, 0.15) is 12.4 Å². The van der Waals surface area contributed by atoms with Crippen LogP contribution < -0.4 is 10.6 Å². The summed E-state index contributed by atoms with van der Waals surface area (Å²) < 4.78 is 7.14. The van der Waals surface area contributed by atoms with Gasteiger partial charge in [-0.3, -0.25) is 4.99 Å². The number of piperidine rings is 1. The third-order valence-electron chi connectivity index (χ3n) is 5.00. The maximum absolute atomic E-state index is 5.14. The number of guanidine groups is 1. The zero-order chi connectivity index (χ0) is 18.2. The normalized spacial score (nSPS) is 21.5. The van der Waals surface area contributed by atoms with Crippen molar-refractivity contribution in [2.24, 2.45) is 4.99 Å². The molecule has 0 amide bonds. The number of methoxy groups -OCH3 is 1. The lowest BCUT2D eigenvalue weighted by Crippen LogP contribution is -2.47. The van der Waals surface area contributed by atoms with Gasteiger partial charge in [-0.1, -0.05) is 6.42 Å². The molecule has 1 aromatic rings. The third-order valence-corrected chi connectivity index (χ3v) is 5.00. The highest BCUT2D eigenvalue weighted by Crippen LogP contribution is 2.13. The molecule has 2 aliphatic heterocycles. The van der Waals surface area contributed by atoms with Gasteiger partial charge in [-0.2, -0.15) is 5.10 Å². The Morgan fingerprint density at radius 3 is 2.92 bits per heavy atom. The van der Waals surface area contributed by atoms with E-state index in [0.29, 0.717) is 12.6 Å². The predicted octanol–water partition coefficient (Wildman–Crippen LogP) is 0.780. The zero-order valence-corrected chi connectivity index (χ0v) is 16.2. The van der Waals surface area contributed by atoms with Gasteiger partial charge in [0.25, 0.3) is 0 Å². The largest absolute Gasteiger partial charge is 0.377 e. The molecule has 0 aliphatic carbocycles. The number of hydrogen-bond donors (Lipinski definition) is 2. The second-order valence-electron chi connectivity index (χ2n) is 7.10. The number of fused-ring (bicyclic) bond motifs is 1. The Balaban J connectivity index is 1.51. The fraction of sp³-hybridized carbons (Fsp3) is 0.833. The van der Waals surface area contributed by atoms with Crippen LogP contribution in [0.15, 0.2) is 4.99 Å². The first kappa shape index (κ1) is 19.1. The van der Waals surface area contributed by atoms with Crippen LogP contribution in [0.25, 0.3) is 0 Å². The summed E-state index contributed by atoms with van der Waals surface area (Å²) in [6, 6.07) is 0.326. The van der Waals surface area contributed by atoms with E-state index in [0.717, 1.165) is 56.6 Å². The van der Waals surface area contributed by atoms with Crippen LogP contribution in [-0.2, 0) is 24.3 Å². The molecule has 0 saturated carbocycles. The van der Waals surface area contributed by atoms with Crippen molar-refractivity contribution in [2.75, 3.05) is 39.8 Å². The van der Waals surface area contributed by atoms with Crippen molar-refractivity contribution in [1.29, 1.82) is 0 Å². The minimum absolute atomic E-state index is 0.326. The van der Waals surface area contributed by atoms with Crippen molar-refractivity contribution in [1.82, 2.24) is 30.3 Å². The molecule has 26 heavy (non-hydrogen) atoms. The molecule has 1 fully saturated rings. The number of aromatic nitrogens is 3. The minimum Gasteiger partial charge on any atom is -0.377 e.